The fourth-order valence-electron chi connectivity index (χ4n) is 6.26. The Bertz CT molecular complexity index is 2520. The van der Waals surface area contributed by atoms with E-state index in [4.69, 9.17) is 15.0 Å². The van der Waals surface area contributed by atoms with Gasteiger partial charge in [0.25, 0.3) is 0 Å². The van der Waals surface area contributed by atoms with E-state index >= 15 is 0 Å². The number of benzene rings is 7. The Hall–Kier alpha value is -5.41. The summed E-state index contributed by atoms with van der Waals surface area (Å²) in [7, 11) is 0. The van der Waals surface area contributed by atoms with Gasteiger partial charge < -0.3 is 0 Å². The number of rotatable bonds is 4. The van der Waals surface area contributed by atoms with Crippen molar-refractivity contribution in [1.82, 2.24) is 15.0 Å². The molecule has 0 radical (unpaired) electrons. The van der Waals surface area contributed by atoms with Crippen LogP contribution in [0, 0.1) is 0 Å². The van der Waals surface area contributed by atoms with Gasteiger partial charge in [0.1, 0.15) is 0 Å². The molecule has 7 aromatic carbocycles. The molecule has 3 nitrogen and oxygen atoms in total. The summed E-state index contributed by atoms with van der Waals surface area (Å²) >= 11 is 0.280. The van der Waals surface area contributed by atoms with Gasteiger partial charge in [-0.3, -0.25) is 0 Å². The van der Waals surface area contributed by atoms with Crippen LogP contribution in [0.4, 0.5) is 0 Å². The minimum Gasteiger partial charge on any atom is -0.0617 e. The smallest absolute Gasteiger partial charge is 0.0617 e. The molecule has 0 aliphatic heterocycles. The van der Waals surface area contributed by atoms with Crippen LogP contribution in [-0.2, 0) is 0 Å². The second-order valence-corrected chi connectivity index (χ2v) is 13.5. The van der Waals surface area contributed by atoms with Crippen molar-refractivity contribution in [3.63, 3.8) is 0 Å². The van der Waals surface area contributed by atoms with Crippen molar-refractivity contribution >= 4 is 55.3 Å². The van der Waals surface area contributed by atoms with Crippen molar-refractivity contribution < 1.29 is 0 Å². The van der Waals surface area contributed by atoms with Crippen LogP contribution in [0.5, 0.6) is 0 Å². The molecule has 2 aromatic heterocycles. The third kappa shape index (κ3) is 4.55. The number of fused-ring (bicyclic) bond motifs is 7. The van der Waals surface area contributed by atoms with E-state index in [1.807, 2.05) is 36.4 Å². The Morgan fingerprint density at radius 3 is 1.62 bits per heavy atom. The molecule has 0 amide bonds. The van der Waals surface area contributed by atoms with Gasteiger partial charge in [-0.05, 0) is 11.1 Å². The predicted octanol–water partition coefficient (Wildman–Crippen LogP) is 10.2. The molecule has 0 unspecified atom stereocenters. The first-order valence-corrected chi connectivity index (χ1v) is 16.7. The monoisotopic (exact) mass is 639 g/mol. The standard InChI is InChI=1S/C41H25N3Se/c1-3-9-26(10-4-1)27-15-18-30(19-16-27)40-42-39(29-11-5-2-6-12-29)43-41(44-40)32-22-23-33-31(25-32)20-17-28-21-24-35-34-13-7-8-14-36(34)45-38(35)37(28)33/h1-25H. The Kier molecular flexibility index (Phi) is 6.15. The van der Waals surface area contributed by atoms with E-state index in [0.717, 1.165) is 22.3 Å². The van der Waals surface area contributed by atoms with Gasteiger partial charge in [-0.1, -0.05) is 36.4 Å². The van der Waals surface area contributed by atoms with Crippen molar-refractivity contribution in [1.29, 1.82) is 0 Å². The summed E-state index contributed by atoms with van der Waals surface area (Å²) in [6, 6.07) is 53.6. The van der Waals surface area contributed by atoms with Gasteiger partial charge in [-0.15, -0.1) is 0 Å². The van der Waals surface area contributed by atoms with E-state index < -0.39 is 0 Å². The third-order valence-electron chi connectivity index (χ3n) is 8.52. The van der Waals surface area contributed by atoms with Crippen molar-refractivity contribution in [2.45, 2.75) is 0 Å². The molecule has 0 fully saturated rings. The van der Waals surface area contributed by atoms with Crippen LogP contribution in [0.15, 0.2) is 152 Å². The number of aromatic nitrogens is 3. The molecule has 0 aliphatic rings. The maximum absolute atomic E-state index is 5.04. The molecule has 0 N–H and O–H groups in total. The summed E-state index contributed by atoms with van der Waals surface area (Å²) in [6.07, 6.45) is 0. The fourth-order valence-corrected chi connectivity index (χ4v) is 8.93. The van der Waals surface area contributed by atoms with Crippen LogP contribution in [0.25, 0.3) is 86.1 Å². The molecule has 2 heterocycles. The molecule has 0 spiro atoms. The molecule has 0 bridgehead atoms. The SMILES string of the molecule is c1ccc(-c2ccc(-c3nc(-c4ccccc4)nc(-c4ccc5c(ccc6ccc7c8ccccc8[se]c7c65)c4)n3)cc2)cc1. The average molecular weight is 639 g/mol. The van der Waals surface area contributed by atoms with Gasteiger partial charge in [0.05, 0.1) is 0 Å². The Morgan fingerprint density at radius 2 is 0.867 bits per heavy atom. The molecular formula is C41H25N3Se. The van der Waals surface area contributed by atoms with Crippen LogP contribution in [0.1, 0.15) is 0 Å². The van der Waals surface area contributed by atoms with E-state index in [-0.39, 0.29) is 14.5 Å². The summed E-state index contributed by atoms with van der Waals surface area (Å²) < 4.78 is 2.94. The molecule has 210 valence electrons. The van der Waals surface area contributed by atoms with Crippen LogP contribution < -0.4 is 0 Å². The van der Waals surface area contributed by atoms with Crippen LogP contribution >= 0.6 is 0 Å². The van der Waals surface area contributed by atoms with Gasteiger partial charge in [-0.25, -0.2) is 0 Å². The van der Waals surface area contributed by atoms with E-state index in [0.29, 0.717) is 17.5 Å². The van der Waals surface area contributed by atoms with Crippen LogP contribution in [0.2, 0.25) is 0 Å². The van der Waals surface area contributed by atoms with Gasteiger partial charge in [0, 0.05) is 0 Å². The number of nitrogens with zero attached hydrogens (tertiary/aromatic N) is 3. The molecule has 4 heteroatoms. The predicted molar refractivity (Wildman–Crippen MR) is 189 cm³/mol. The molecule has 45 heavy (non-hydrogen) atoms. The van der Waals surface area contributed by atoms with Gasteiger partial charge >= 0.3 is 220 Å². The summed E-state index contributed by atoms with van der Waals surface area (Å²) in [5, 5.41) is 7.88. The van der Waals surface area contributed by atoms with Gasteiger partial charge in [0.15, 0.2) is 0 Å². The molecule has 9 aromatic rings. The zero-order valence-electron chi connectivity index (χ0n) is 24.2. The summed E-state index contributed by atoms with van der Waals surface area (Å²) in [6.45, 7) is 0. The first kappa shape index (κ1) is 26.0. The molecule has 0 atom stereocenters. The maximum atomic E-state index is 5.04. The minimum atomic E-state index is 0.280. The van der Waals surface area contributed by atoms with Gasteiger partial charge in [0.2, 0.25) is 0 Å². The van der Waals surface area contributed by atoms with Crippen molar-refractivity contribution in [2.24, 2.45) is 0 Å². The summed E-state index contributed by atoms with van der Waals surface area (Å²) in [5.41, 5.74) is 5.25. The first-order chi connectivity index (χ1) is 22.3. The number of hydrogen-bond acceptors (Lipinski definition) is 3. The van der Waals surface area contributed by atoms with Crippen LogP contribution in [0.3, 0.4) is 0 Å². The quantitative estimate of drug-likeness (QED) is 0.142. The Balaban J connectivity index is 1.20. The Morgan fingerprint density at radius 1 is 0.356 bits per heavy atom. The zero-order valence-corrected chi connectivity index (χ0v) is 25.9. The molecule has 0 saturated carbocycles. The van der Waals surface area contributed by atoms with E-state index in [9.17, 15) is 0 Å². The molecular weight excluding hydrogens is 613 g/mol. The summed E-state index contributed by atoms with van der Waals surface area (Å²) in [4.78, 5) is 15.0. The van der Waals surface area contributed by atoms with Crippen LogP contribution in [-0.4, -0.2) is 29.5 Å². The molecule has 0 saturated heterocycles. The molecule has 0 aliphatic carbocycles. The van der Waals surface area contributed by atoms with Gasteiger partial charge in [-0.2, -0.15) is 0 Å². The van der Waals surface area contributed by atoms with E-state index in [1.165, 1.54) is 46.4 Å². The summed E-state index contributed by atoms with van der Waals surface area (Å²) in [5.74, 6) is 2.00. The van der Waals surface area contributed by atoms with Crippen molar-refractivity contribution in [2.75, 3.05) is 0 Å². The zero-order chi connectivity index (χ0) is 29.7. The average Bonchev–Trinajstić information content (AvgIpc) is 3.51. The fraction of sp³-hybridized carbons (Fsp3) is 0. The minimum absolute atomic E-state index is 0.280. The topological polar surface area (TPSA) is 38.7 Å². The normalized spacial score (nSPS) is 11.6. The van der Waals surface area contributed by atoms with Crippen molar-refractivity contribution in [3.05, 3.63) is 152 Å². The van der Waals surface area contributed by atoms with Crippen molar-refractivity contribution in [3.8, 4) is 45.3 Å². The Labute approximate surface area is 266 Å². The second kappa shape index (κ2) is 10.6. The third-order valence-corrected chi connectivity index (χ3v) is 11.0. The van der Waals surface area contributed by atoms with E-state index in [1.54, 1.807) is 0 Å². The van der Waals surface area contributed by atoms with E-state index in [2.05, 4.69) is 115 Å². The molecule has 9 rings (SSSR count). The second-order valence-electron chi connectivity index (χ2n) is 11.3. The number of hydrogen-bond donors (Lipinski definition) is 0. The first-order valence-electron chi connectivity index (χ1n) is 15.0.